The Hall–Kier alpha value is -1.44. The zero-order valence-electron chi connectivity index (χ0n) is 8.78. The topological polar surface area (TPSA) is 25.8 Å². The van der Waals surface area contributed by atoms with Crippen LogP contribution in [-0.4, -0.2) is 9.97 Å². The van der Waals surface area contributed by atoms with Crippen molar-refractivity contribution >= 4 is 12.2 Å². The number of aromatic nitrogens is 2. The largest absolute Gasteiger partial charge is 0.250 e. The van der Waals surface area contributed by atoms with Crippen molar-refractivity contribution in [2.24, 2.45) is 5.92 Å². The van der Waals surface area contributed by atoms with Gasteiger partial charge in [-0.25, -0.2) is 9.97 Å². The number of fused-ring (bicyclic) bond motifs is 1. The molecular weight excluding hydrogens is 172 g/mol. The van der Waals surface area contributed by atoms with E-state index in [0.717, 1.165) is 22.1 Å². The Morgan fingerprint density at radius 2 is 1.71 bits per heavy atom. The summed E-state index contributed by atoms with van der Waals surface area (Å²) in [6.45, 7) is 6.14. The number of hydrogen-bond donors (Lipinski definition) is 0. The maximum absolute atomic E-state index is 4.53. The number of aryl methyl sites for hydroxylation is 2. The monoisotopic (exact) mass is 186 g/mol. The molecule has 14 heavy (non-hydrogen) atoms. The molecule has 1 unspecified atom stereocenters. The maximum Gasteiger partial charge on any atom is 0.0887 e. The molecule has 0 fully saturated rings. The fourth-order valence-corrected chi connectivity index (χ4v) is 1.51. The highest BCUT2D eigenvalue weighted by Crippen LogP contribution is 2.00. The first-order valence-electron chi connectivity index (χ1n) is 4.88. The van der Waals surface area contributed by atoms with Crippen molar-refractivity contribution in [1.82, 2.24) is 9.97 Å². The molecule has 1 aliphatic carbocycles. The van der Waals surface area contributed by atoms with Crippen molar-refractivity contribution in [3.05, 3.63) is 34.2 Å². The highest BCUT2D eigenvalue weighted by atomic mass is 14.8. The zero-order valence-corrected chi connectivity index (χ0v) is 8.78. The van der Waals surface area contributed by atoms with E-state index < -0.39 is 0 Å². The molecule has 1 aliphatic rings. The molecule has 0 N–H and O–H groups in total. The van der Waals surface area contributed by atoms with Crippen LogP contribution in [0, 0.1) is 19.8 Å². The van der Waals surface area contributed by atoms with E-state index in [1.54, 1.807) is 0 Å². The van der Waals surface area contributed by atoms with Gasteiger partial charge in [-0.05, 0) is 31.9 Å². The van der Waals surface area contributed by atoms with Crippen molar-refractivity contribution in [1.29, 1.82) is 0 Å². The highest BCUT2D eigenvalue weighted by molar-refractivity contribution is 5.42. The minimum Gasteiger partial charge on any atom is -0.250 e. The predicted molar refractivity (Wildman–Crippen MR) is 58.0 cm³/mol. The number of allylic oxidation sites excluding steroid dienone is 2. The van der Waals surface area contributed by atoms with Gasteiger partial charge in [0.05, 0.1) is 22.1 Å². The maximum atomic E-state index is 4.53. The van der Waals surface area contributed by atoms with Crippen LogP contribution in [0.4, 0.5) is 0 Å². The molecule has 0 amide bonds. The predicted octanol–water partition coefficient (Wildman–Crippen LogP) is 0.860. The lowest BCUT2D eigenvalue weighted by Crippen LogP contribution is -2.33. The van der Waals surface area contributed by atoms with Gasteiger partial charge in [-0.15, -0.1) is 0 Å². The van der Waals surface area contributed by atoms with Gasteiger partial charge in [-0.2, -0.15) is 0 Å². The number of rotatable bonds is 0. The molecule has 0 spiro atoms. The van der Waals surface area contributed by atoms with Crippen molar-refractivity contribution in [3.8, 4) is 0 Å². The minimum atomic E-state index is 0.434. The van der Waals surface area contributed by atoms with Crippen LogP contribution in [0.25, 0.3) is 12.2 Å². The summed E-state index contributed by atoms with van der Waals surface area (Å²) in [5, 5.41) is 1.99. The molecule has 0 aromatic carbocycles. The van der Waals surface area contributed by atoms with Crippen molar-refractivity contribution in [2.45, 2.75) is 20.8 Å². The lowest BCUT2D eigenvalue weighted by molar-refractivity contribution is 0.951. The third kappa shape index (κ3) is 1.60. The normalized spacial score (nSPS) is 19.2. The molecule has 2 heteroatoms. The summed E-state index contributed by atoms with van der Waals surface area (Å²) < 4.78 is 0. The van der Waals surface area contributed by atoms with Crippen LogP contribution in [0.15, 0.2) is 12.2 Å². The van der Waals surface area contributed by atoms with Gasteiger partial charge in [0.1, 0.15) is 0 Å². The van der Waals surface area contributed by atoms with Crippen LogP contribution in [0.2, 0.25) is 0 Å². The fourth-order valence-electron chi connectivity index (χ4n) is 1.51. The number of hydrogen-bond acceptors (Lipinski definition) is 2. The molecule has 1 aromatic heterocycles. The Labute approximate surface area is 83.7 Å². The third-order valence-corrected chi connectivity index (χ3v) is 2.45. The van der Waals surface area contributed by atoms with E-state index in [1.807, 2.05) is 19.9 Å². The van der Waals surface area contributed by atoms with Gasteiger partial charge >= 0.3 is 0 Å². The van der Waals surface area contributed by atoms with Crippen molar-refractivity contribution in [3.63, 3.8) is 0 Å². The van der Waals surface area contributed by atoms with Crippen molar-refractivity contribution < 1.29 is 0 Å². The molecule has 2 rings (SSSR count). The summed E-state index contributed by atoms with van der Waals surface area (Å²) in [6.07, 6.45) is 8.37. The van der Waals surface area contributed by atoms with E-state index in [2.05, 4.69) is 35.1 Å². The fraction of sp³-hybridized carbons (Fsp3) is 0.333. The van der Waals surface area contributed by atoms with Gasteiger partial charge in [0, 0.05) is 0 Å². The van der Waals surface area contributed by atoms with Crippen LogP contribution in [-0.2, 0) is 0 Å². The summed E-state index contributed by atoms with van der Waals surface area (Å²) >= 11 is 0. The third-order valence-electron chi connectivity index (χ3n) is 2.45. The van der Waals surface area contributed by atoms with Crippen LogP contribution in [0.3, 0.4) is 0 Å². The van der Waals surface area contributed by atoms with Gasteiger partial charge in [-0.1, -0.05) is 19.1 Å². The van der Waals surface area contributed by atoms with Gasteiger partial charge in [0.2, 0.25) is 0 Å². The van der Waals surface area contributed by atoms with Crippen molar-refractivity contribution in [2.75, 3.05) is 0 Å². The lowest BCUT2D eigenvalue weighted by atomic mass is 10.1. The van der Waals surface area contributed by atoms with E-state index in [9.17, 15) is 0 Å². The molecule has 0 saturated heterocycles. The number of nitrogens with zero attached hydrogens (tertiary/aromatic N) is 2. The van der Waals surface area contributed by atoms with Gasteiger partial charge in [0.15, 0.2) is 0 Å². The molecular formula is C12H14N2. The first-order valence-corrected chi connectivity index (χ1v) is 4.88. The summed E-state index contributed by atoms with van der Waals surface area (Å²) in [7, 11) is 0. The Kier molecular flexibility index (Phi) is 2.20. The SMILES string of the molecule is Cc1nc2c(nc1C)=CC(C)C=CC=2. The molecule has 2 nitrogen and oxygen atoms in total. The smallest absolute Gasteiger partial charge is 0.0887 e. The Bertz CT molecular complexity index is 498. The molecule has 1 aromatic rings. The second-order valence-corrected chi connectivity index (χ2v) is 3.74. The zero-order chi connectivity index (χ0) is 10.1. The molecule has 0 radical (unpaired) electrons. The molecule has 0 saturated carbocycles. The average Bonchev–Trinajstić information content (AvgIpc) is 2.28. The molecule has 1 atom stereocenters. The van der Waals surface area contributed by atoms with Gasteiger partial charge < -0.3 is 0 Å². The van der Waals surface area contributed by atoms with E-state index in [4.69, 9.17) is 0 Å². The highest BCUT2D eigenvalue weighted by Gasteiger charge is 2.00. The Balaban J connectivity index is 2.78. The Morgan fingerprint density at radius 1 is 1.07 bits per heavy atom. The average molecular weight is 186 g/mol. The Morgan fingerprint density at radius 3 is 2.43 bits per heavy atom. The summed E-state index contributed by atoms with van der Waals surface area (Å²) in [5.74, 6) is 0.434. The van der Waals surface area contributed by atoms with Gasteiger partial charge in [-0.3, -0.25) is 0 Å². The summed E-state index contributed by atoms with van der Waals surface area (Å²) in [4.78, 5) is 9.04. The van der Waals surface area contributed by atoms with Crippen LogP contribution >= 0.6 is 0 Å². The van der Waals surface area contributed by atoms with Gasteiger partial charge in [0.25, 0.3) is 0 Å². The summed E-state index contributed by atoms with van der Waals surface area (Å²) in [6, 6.07) is 0. The van der Waals surface area contributed by atoms with E-state index in [0.29, 0.717) is 5.92 Å². The quantitative estimate of drug-likeness (QED) is 0.600. The lowest BCUT2D eigenvalue weighted by Gasteiger charge is -1.98. The second kappa shape index (κ2) is 3.37. The minimum absolute atomic E-state index is 0.434. The molecule has 0 aliphatic heterocycles. The standard InChI is InChI=1S/C12H14N2/c1-8-5-4-6-11-12(7-8)14-10(3)9(2)13-11/h4-8H,1-3H3. The van der Waals surface area contributed by atoms with Crippen LogP contribution in [0.5, 0.6) is 0 Å². The first kappa shape index (κ1) is 9.13. The summed E-state index contributed by atoms with van der Waals surface area (Å²) in [5.41, 5.74) is 2.03. The van der Waals surface area contributed by atoms with E-state index >= 15 is 0 Å². The molecule has 1 heterocycles. The second-order valence-electron chi connectivity index (χ2n) is 3.74. The first-order chi connectivity index (χ1) is 6.66. The van der Waals surface area contributed by atoms with E-state index in [-0.39, 0.29) is 0 Å². The van der Waals surface area contributed by atoms with Crippen LogP contribution in [0.1, 0.15) is 18.3 Å². The molecule has 72 valence electrons. The van der Waals surface area contributed by atoms with Crippen LogP contribution < -0.4 is 10.7 Å². The molecule has 0 bridgehead atoms. The van der Waals surface area contributed by atoms with E-state index in [1.165, 1.54) is 0 Å².